The van der Waals surface area contributed by atoms with Crippen LogP contribution in [0, 0.1) is 6.92 Å². The first-order valence-corrected chi connectivity index (χ1v) is 10.2. The van der Waals surface area contributed by atoms with Crippen molar-refractivity contribution >= 4 is 28.9 Å². The van der Waals surface area contributed by atoms with Crippen LogP contribution in [0.4, 0.5) is 18.9 Å². The number of carbonyl (C=O) groups excluding carboxylic acids is 1. The molecule has 3 aromatic rings. The van der Waals surface area contributed by atoms with Crippen molar-refractivity contribution in [2.75, 3.05) is 0 Å². The lowest BCUT2D eigenvalue weighted by atomic mass is 10.1. The topological polar surface area (TPSA) is 85.3 Å². The van der Waals surface area contributed by atoms with Crippen LogP contribution in [0.1, 0.15) is 27.3 Å². The van der Waals surface area contributed by atoms with Crippen molar-refractivity contribution < 1.29 is 18.0 Å². The van der Waals surface area contributed by atoms with E-state index in [1.807, 2.05) is 13.0 Å². The molecule has 2 aromatic carbocycles. The lowest BCUT2D eigenvalue weighted by Crippen LogP contribution is -2.23. The number of nitrogens with zero attached hydrogens (tertiary/aromatic N) is 3. The van der Waals surface area contributed by atoms with Gasteiger partial charge in [0.1, 0.15) is 5.70 Å². The van der Waals surface area contributed by atoms with Crippen LogP contribution in [-0.2, 0) is 13.6 Å². The molecule has 0 fully saturated rings. The van der Waals surface area contributed by atoms with Gasteiger partial charge in [0.25, 0.3) is 5.91 Å². The molecule has 1 amide bonds. The smallest absolute Gasteiger partial charge is 0.395 e. The standard InChI is InChI=1S/C23H21ClF3N5O/c1-14-11-17(31-32(14)2)13-29-22(33)16-9-7-15(8-10-16)20(12-21(28)23(25,26)27)30-19-6-4-3-5-18(19)24/h3-12H,13,28H2,1-2H3,(H,29,33). The lowest BCUT2D eigenvalue weighted by Gasteiger charge is -2.10. The molecule has 0 saturated heterocycles. The number of allylic oxidation sites excluding steroid dienone is 2. The van der Waals surface area contributed by atoms with Crippen LogP contribution in [0.5, 0.6) is 0 Å². The zero-order valence-corrected chi connectivity index (χ0v) is 18.6. The Bertz CT molecular complexity index is 1190. The Morgan fingerprint density at radius 3 is 2.39 bits per heavy atom. The SMILES string of the molecule is Cc1cc(CNC(=O)c2ccc(C(C=C(N)C(F)(F)F)=Nc3ccccc3Cl)cc2)nn1C. The van der Waals surface area contributed by atoms with Gasteiger partial charge in [-0.2, -0.15) is 18.3 Å². The van der Waals surface area contributed by atoms with Crippen molar-refractivity contribution in [3.05, 3.63) is 93.9 Å². The highest BCUT2D eigenvalue weighted by Gasteiger charge is 2.31. The minimum Gasteiger partial charge on any atom is -0.395 e. The summed E-state index contributed by atoms with van der Waals surface area (Å²) in [5, 5.41) is 7.31. The van der Waals surface area contributed by atoms with E-state index in [4.69, 9.17) is 17.3 Å². The highest BCUT2D eigenvalue weighted by Crippen LogP contribution is 2.27. The Balaban J connectivity index is 1.86. The molecule has 6 nitrogen and oxygen atoms in total. The molecule has 33 heavy (non-hydrogen) atoms. The average molecular weight is 476 g/mol. The molecule has 172 valence electrons. The van der Waals surface area contributed by atoms with E-state index in [0.717, 1.165) is 11.8 Å². The number of carbonyl (C=O) groups is 1. The largest absolute Gasteiger partial charge is 0.430 e. The molecule has 0 aliphatic rings. The summed E-state index contributed by atoms with van der Waals surface area (Å²) in [6.07, 6.45) is -3.98. The Morgan fingerprint density at radius 2 is 1.82 bits per heavy atom. The molecule has 1 aromatic heterocycles. The number of aliphatic imine (C=N–C) groups is 1. The maximum absolute atomic E-state index is 13.0. The van der Waals surface area contributed by atoms with Gasteiger partial charge in [-0.3, -0.25) is 9.48 Å². The summed E-state index contributed by atoms with van der Waals surface area (Å²) in [5.41, 5.74) is 6.48. The molecule has 3 N–H and O–H groups in total. The first kappa shape index (κ1) is 24.1. The summed E-state index contributed by atoms with van der Waals surface area (Å²) in [4.78, 5) is 16.7. The number of alkyl halides is 3. The maximum atomic E-state index is 13.0. The van der Waals surface area contributed by atoms with Gasteiger partial charge in [0.2, 0.25) is 0 Å². The molecule has 0 saturated carbocycles. The summed E-state index contributed by atoms with van der Waals surface area (Å²) in [7, 11) is 1.81. The number of nitrogens with one attached hydrogen (secondary N) is 1. The number of halogens is 4. The highest BCUT2D eigenvalue weighted by molar-refractivity contribution is 6.33. The molecule has 3 rings (SSSR count). The number of amides is 1. The van der Waals surface area contributed by atoms with Crippen LogP contribution in [-0.4, -0.2) is 27.6 Å². The minimum atomic E-state index is -4.72. The highest BCUT2D eigenvalue weighted by atomic mass is 35.5. The second kappa shape index (κ2) is 9.91. The molecule has 0 aliphatic carbocycles. The van der Waals surface area contributed by atoms with E-state index in [2.05, 4.69) is 15.4 Å². The van der Waals surface area contributed by atoms with Gasteiger partial charge in [0.15, 0.2) is 0 Å². The molecule has 0 unspecified atom stereocenters. The predicted octanol–water partition coefficient (Wildman–Crippen LogP) is 4.84. The van der Waals surface area contributed by atoms with Crippen LogP contribution in [0.2, 0.25) is 5.02 Å². The van der Waals surface area contributed by atoms with Crippen LogP contribution in [0.3, 0.4) is 0 Å². The van der Waals surface area contributed by atoms with Crippen molar-refractivity contribution in [1.29, 1.82) is 0 Å². The Morgan fingerprint density at radius 1 is 1.18 bits per heavy atom. The molecule has 0 aliphatic heterocycles. The van der Waals surface area contributed by atoms with Crippen LogP contribution in [0.25, 0.3) is 0 Å². The van der Waals surface area contributed by atoms with Crippen molar-refractivity contribution in [2.45, 2.75) is 19.6 Å². The molecule has 1 heterocycles. The van der Waals surface area contributed by atoms with Crippen molar-refractivity contribution in [3.63, 3.8) is 0 Å². The Kier molecular flexibility index (Phi) is 7.23. The fourth-order valence-corrected chi connectivity index (χ4v) is 3.05. The van der Waals surface area contributed by atoms with Gasteiger partial charge in [-0.25, -0.2) is 4.99 Å². The molecule has 0 spiro atoms. The Labute approximate surface area is 193 Å². The average Bonchev–Trinajstić information content (AvgIpc) is 3.09. The van der Waals surface area contributed by atoms with E-state index in [9.17, 15) is 18.0 Å². The van der Waals surface area contributed by atoms with Gasteiger partial charge in [0.05, 0.1) is 28.7 Å². The summed E-state index contributed by atoms with van der Waals surface area (Å²) in [6, 6.07) is 14.3. The maximum Gasteiger partial charge on any atom is 0.430 e. The third-order valence-corrected chi connectivity index (χ3v) is 5.07. The third-order valence-electron chi connectivity index (χ3n) is 4.75. The number of hydrogen-bond donors (Lipinski definition) is 2. The molecule has 0 radical (unpaired) electrons. The number of nitrogens with two attached hydrogens (primary N) is 1. The molecule has 10 heteroatoms. The zero-order chi connectivity index (χ0) is 24.2. The number of hydrogen-bond acceptors (Lipinski definition) is 4. The number of aryl methyl sites for hydroxylation is 2. The number of aromatic nitrogens is 2. The third kappa shape index (κ3) is 6.23. The summed E-state index contributed by atoms with van der Waals surface area (Å²) in [5.74, 6) is -0.347. The normalized spacial score (nSPS) is 12.7. The Hall–Kier alpha value is -3.59. The van der Waals surface area contributed by atoms with E-state index in [0.29, 0.717) is 16.8 Å². The monoisotopic (exact) mass is 475 g/mol. The molecular formula is C23H21ClF3N5O. The van der Waals surface area contributed by atoms with E-state index in [1.54, 1.807) is 36.0 Å². The minimum absolute atomic E-state index is 0.0474. The number of para-hydroxylation sites is 1. The first-order chi connectivity index (χ1) is 15.5. The fraction of sp³-hybridized carbons (Fsp3) is 0.174. The van der Waals surface area contributed by atoms with Gasteiger partial charge < -0.3 is 11.1 Å². The van der Waals surface area contributed by atoms with E-state index >= 15 is 0 Å². The predicted molar refractivity (Wildman–Crippen MR) is 122 cm³/mol. The lowest BCUT2D eigenvalue weighted by molar-refractivity contribution is -0.0925. The second-order valence-corrected chi connectivity index (χ2v) is 7.61. The summed E-state index contributed by atoms with van der Waals surface area (Å²) >= 11 is 6.10. The van der Waals surface area contributed by atoms with Gasteiger partial charge in [0, 0.05) is 23.9 Å². The molecule has 0 bridgehead atoms. The van der Waals surface area contributed by atoms with Crippen molar-refractivity contribution in [1.82, 2.24) is 15.1 Å². The van der Waals surface area contributed by atoms with Gasteiger partial charge in [-0.15, -0.1) is 0 Å². The molecule has 0 atom stereocenters. The summed E-state index contributed by atoms with van der Waals surface area (Å²) < 4.78 is 40.8. The van der Waals surface area contributed by atoms with Crippen LogP contribution < -0.4 is 11.1 Å². The van der Waals surface area contributed by atoms with E-state index < -0.39 is 11.9 Å². The molecular weight excluding hydrogens is 455 g/mol. The van der Waals surface area contributed by atoms with Crippen molar-refractivity contribution in [2.24, 2.45) is 17.8 Å². The number of rotatable bonds is 6. The van der Waals surface area contributed by atoms with E-state index in [1.165, 1.54) is 24.3 Å². The second-order valence-electron chi connectivity index (χ2n) is 7.21. The summed E-state index contributed by atoms with van der Waals surface area (Å²) in [6.45, 7) is 2.14. The quantitative estimate of drug-likeness (QED) is 0.500. The fourth-order valence-electron chi connectivity index (χ4n) is 2.87. The van der Waals surface area contributed by atoms with Gasteiger partial charge in [-0.05, 0) is 43.3 Å². The van der Waals surface area contributed by atoms with Gasteiger partial charge >= 0.3 is 6.18 Å². The first-order valence-electron chi connectivity index (χ1n) is 9.80. The van der Waals surface area contributed by atoms with Crippen LogP contribution in [0.15, 0.2) is 71.4 Å². The zero-order valence-electron chi connectivity index (χ0n) is 17.8. The van der Waals surface area contributed by atoms with Crippen molar-refractivity contribution in [3.8, 4) is 0 Å². The van der Waals surface area contributed by atoms with Crippen LogP contribution >= 0.6 is 11.6 Å². The van der Waals surface area contributed by atoms with E-state index in [-0.39, 0.29) is 28.9 Å². The van der Waals surface area contributed by atoms with Gasteiger partial charge in [-0.1, -0.05) is 35.9 Å². The number of benzene rings is 2.